The topological polar surface area (TPSA) is 72.2 Å². The first-order valence-electron chi connectivity index (χ1n) is 4.53. The van der Waals surface area contributed by atoms with E-state index in [2.05, 4.69) is 4.72 Å². The fourth-order valence-corrected chi connectivity index (χ4v) is 2.36. The van der Waals surface area contributed by atoms with Gasteiger partial charge in [0.2, 0.25) is 10.0 Å². The first-order valence-corrected chi connectivity index (χ1v) is 6.02. The van der Waals surface area contributed by atoms with Gasteiger partial charge in [0, 0.05) is 18.7 Å². The first-order chi connectivity index (χ1) is 7.35. The summed E-state index contributed by atoms with van der Waals surface area (Å²) in [5, 5.41) is 0. The van der Waals surface area contributed by atoms with E-state index in [4.69, 9.17) is 5.73 Å². The molecule has 0 amide bonds. The SMILES string of the molecule is C[C@H](CN)NS(=O)(=O)c1cc(F)cc(F)c1. The lowest BCUT2D eigenvalue weighted by atomic mass is 10.3. The second kappa shape index (κ2) is 4.86. The van der Waals surface area contributed by atoms with Crippen LogP contribution in [0.4, 0.5) is 8.78 Å². The molecule has 0 saturated heterocycles. The third-order valence-electron chi connectivity index (χ3n) is 1.86. The fraction of sp³-hybridized carbons (Fsp3) is 0.333. The molecule has 0 heterocycles. The smallest absolute Gasteiger partial charge is 0.241 e. The van der Waals surface area contributed by atoms with Crippen molar-refractivity contribution >= 4 is 10.0 Å². The quantitative estimate of drug-likeness (QED) is 0.821. The van der Waals surface area contributed by atoms with Gasteiger partial charge in [-0.1, -0.05) is 0 Å². The van der Waals surface area contributed by atoms with E-state index in [1.54, 1.807) is 6.92 Å². The molecule has 0 radical (unpaired) electrons. The van der Waals surface area contributed by atoms with Gasteiger partial charge in [0.05, 0.1) is 4.90 Å². The number of nitrogens with two attached hydrogens (primary N) is 1. The zero-order chi connectivity index (χ0) is 12.3. The third-order valence-corrected chi connectivity index (χ3v) is 3.43. The van der Waals surface area contributed by atoms with Gasteiger partial charge >= 0.3 is 0 Å². The third kappa shape index (κ3) is 3.22. The van der Waals surface area contributed by atoms with Gasteiger partial charge in [-0.3, -0.25) is 0 Å². The minimum absolute atomic E-state index is 0.0943. The van der Waals surface area contributed by atoms with Gasteiger partial charge in [-0.2, -0.15) is 0 Å². The molecule has 0 fully saturated rings. The zero-order valence-corrected chi connectivity index (χ0v) is 9.39. The summed E-state index contributed by atoms with van der Waals surface area (Å²) in [7, 11) is -3.93. The number of hydrogen-bond acceptors (Lipinski definition) is 3. The number of nitrogens with one attached hydrogen (secondary N) is 1. The molecule has 0 aliphatic carbocycles. The molecule has 1 aromatic carbocycles. The Bertz CT molecular complexity index is 456. The van der Waals surface area contributed by atoms with Crippen LogP contribution in [0.2, 0.25) is 0 Å². The minimum Gasteiger partial charge on any atom is -0.329 e. The Morgan fingerprint density at radius 3 is 2.25 bits per heavy atom. The average Bonchev–Trinajstić information content (AvgIpc) is 2.15. The van der Waals surface area contributed by atoms with Crippen molar-refractivity contribution in [3.8, 4) is 0 Å². The van der Waals surface area contributed by atoms with Crippen LogP contribution in [0.25, 0.3) is 0 Å². The lowest BCUT2D eigenvalue weighted by Gasteiger charge is -2.11. The monoisotopic (exact) mass is 250 g/mol. The highest BCUT2D eigenvalue weighted by atomic mass is 32.2. The molecule has 0 aliphatic heterocycles. The van der Waals surface area contributed by atoms with Crippen LogP contribution in [0.3, 0.4) is 0 Å². The molecule has 4 nitrogen and oxygen atoms in total. The summed E-state index contributed by atoms with van der Waals surface area (Å²) < 4.78 is 51.0. The van der Waals surface area contributed by atoms with Gasteiger partial charge < -0.3 is 5.73 Å². The summed E-state index contributed by atoms with van der Waals surface area (Å²) in [6, 6.07) is 1.59. The maximum atomic E-state index is 12.8. The normalized spacial score (nSPS) is 13.8. The molecule has 1 aromatic rings. The zero-order valence-electron chi connectivity index (χ0n) is 8.57. The van der Waals surface area contributed by atoms with E-state index in [1.807, 2.05) is 0 Å². The Labute approximate surface area is 92.5 Å². The van der Waals surface area contributed by atoms with Gasteiger partial charge in [0.15, 0.2) is 0 Å². The van der Waals surface area contributed by atoms with Crippen molar-refractivity contribution in [1.29, 1.82) is 0 Å². The van der Waals surface area contributed by atoms with Crippen LogP contribution in [0.1, 0.15) is 6.92 Å². The minimum atomic E-state index is -3.93. The highest BCUT2D eigenvalue weighted by Crippen LogP contribution is 2.13. The number of benzene rings is 1. The standard InChI is InChI=1S/C9H12F2N2O2S/c1-6(5-12)13-16(14,15)9-3-7(10)2-8(11)4-9/h2-4,6,13H,5,12H2,1H3/t6-/m1/s1. The lowest BCUT2D eigenvalue weighted by Crippen LogP contribution is -2.37. The maximum Gasteiger partial charge on any atom is 0.241 e. The summed E-state index contributed by atoms with van der Waals surface area (Å²) in [5.74, 6) is -1.89. The van der Waals surface area contributed by atoms with Crippen molar-refractivity contribution < 1.29 is 17.2 Å². The lowest BCUT2D eigenvalue weighted by molar-refractivity contribution is 0.551. The number of sulfonamides is 1. The summed E-state index contributed by atoms with van der Waals surface area (Å²) in [5.41, 5.74) is 5.24. The highest BCUT2D eigenvalue weighted by Gasteiger charge is 2.18. The van der Waals surface area contributed by atoms with Crippen LogP contribution in [0.5, 0.6) is 0 Å². The van der Waals surface area contributed by atoms with Gasteiger partial charge in [-0.05, 0) is 19.1 Å². The molecule has 0 aromatic heterocycles. The molecule has 0 bridgehead atoms. The molecular weight excluding hydrogens is 238 g/mol. The molecule has 1 atom stereocenters. The van der Waals surface area contributed by atoms with Crippen LogP contribution in [-0.4, -0.2) is 21.0 Å². The van der Waals surface area contributed by atoms with Crippen molar-refractivity contribution in [1.82, 2.24) is 4.72 Å². The van der Waals surface area contributed by atoms with Crippen molar-refractivity contribution in [3.63, 3.8) is 0 Å². The molecular formula is C9H12F2N2O2S. The van der Waals surface area contributed by atoms with Gasteiger partial charge in [-0.15, -0.1) is 0 Å². The Hall–Kier alpha value is -1.05. The van der Waals surface area contributed by atoms with Crippen molar-refractivity contribution in [3.05, 3.63) is 29.8 Å². The Morgan fingerprint density at radius 1 is 1.31 bits per heavy atom. The Balaban J connectivity index is 3.07. The molecule has 0 saturated carbocycles. The van der Waals surface area contributed by atoms with E-state index in [0.29, 0.717) is 6.07 Å². The molecule has 0 spiro atoms. The molecule has 90 valence electrons. The van der Waals surface area contributed by atoms with Gasteiger partial charge in [0.25, 0.3) is 0 Å². The molecule has 1 rings (SSSR count). The molecule has 16 heavy (non-hydrogen) atoms. The summed E-state index contributed by atoms with van der Waals surface area (Å²) >= 11 is 0. The molecule has 7 heteroatoms. The molecule has 0 aliphatic rings. The van der Waals surface area contributed by atoms with Crippen LogP contribution in [-0.2, 0) is 10.0 Å². The predicted molar refractivity (Wildman–Crippen MR) is 55.2 cm³/mol. The van der Waals surface area contributed by atoms with E-state index in [9.17, 15) is 17.2 Å². The molecule has 3 N–H and O–H groups in total. The van der Waals surface area contributed by atoms with Crippen LogP contribution >= 0.6 is 0 Å². The molecule has 0 unspecified atom stereocenters. The van der Waals surface area contributed by atoms with E-state index in [1.165, 1.54) is 0 Å². The van der Waals surface area contributed by atoms with E-state index in [0.717, 1.165) is 12.1 Å². The Morgan fingerprint density at radius 2 is 1.81 bits per heavy atom. The fourth-order valence-electron chi connectivity index (χ4n) is 1.06. The van der Waals surface area contributed by atoms with Crippen molar-refractivity contribution in [2.24, 2.45) is 5.73 Å². The highest BCUT2D eigenvalue weighted by molar-refractivity contribution is 7.89. The largest absolute Gasteiger partial charge is 0.329 e. The van der Waals surface area contributed by atoms with Gasteiger partial charge in [0.1, 0.15) is 11.6 Å². The number of rotatable bonds is 4. The maximum absolute atomic E-state index is 12.8. The van der Waals surface area contributed by atoms with E-state index in [-0.39, 0.29) is 6.54 Å². The average molecular weight is 250 g/mol. The van der Waals surface area contributed by atoms with E-state index >= 15 is 0 Å². The summed E-state index contributed by atoms with van der Waals surface area (Å²) in [6.07, 6.45) is 0. The first kappa shape index (κ1) is 13.0. The van der Waals surface area contributed by atoms with E-state index < -0.39 is 32.6 Å². The van der Waals surface area contributed by atoms with Crippen molar-refractivity contribution in [2.75, 3.05) is 6.54 Å². The Kier molecular flexibility index (Phi) is 3.95. The summed E-state index contributed by atoms with van der Waals surface area (Å²) in [4.78, 5) is -0.453. The van der Waals surface area contributed by atoms with Crippen LogP contribution in [0, 0.1) is 11.6 Å². The number of hydrogen-bond donors (Lipinski definition) is 2. The summed E-state index contributed by atoms with van der Waals surface area (Å²) in [6.45, 7) is 1.64. The second-order valence-corrected chi connectivity index (χ2v) is 5.08. The van der Waals surface area contributed by atoms with Gasteiger partial charge in [-0.25, -0.2) is 21.9 Å². The predicted octanol–water partition coefficient (Wildman–Crippen LogP) is 0.590. The van der Waals surface area contributed by atoms with Crippen molar-refractivity contribution in [2.45, 2.75) is 17.9 Å². The second-order valence-electron chi connectivity index (χ2n) is 3.36. The van der Waals surface area contributed by atoms with Crippen LogP contribution < -0.4 is 10.5 Å². The number of halogens is 2. The van der Waals surface area contributed by atoms with Crippen LogP contribution in [0.15, 0.2) is 23.1 Å².